The van der Waals surface area contributed by atoms with Crippen LogP contribution in [0.1, 0.15) is 31.2 Å². The topological polar surface area (TPSA) is 46.6 Å². The normalized spacial score (nSPS) is 21.8. The molecular formula is C16H19NO3. The summed E-state index contributed by atoms with van der Waals surface area (Å²) in [6.07, 6.45) is 3.30. The van der Waals surface area contributed by atoms with Gasteiger partial charge >= 0.3 is 6.09 Å². The van der Waals surface area contributed by atoms with Crippen LogP contribution in [0.15, 0.2) is 30.3 Å². The highest BCUT2D eigenvalue weighted by atomic mass is 16.6. The summed E-state index contributed by atoms with van der Waals surface area (Å²) in [6, 6.07) is 9.35. The van der Waals surface area contributed by atoms with Gasteiger partial charge in [-0.1, -0.05) is 30.3 Å². The number of nitrogens with zero attached hydrogens (tertiary/aromatic N) is 1. The summed E-state index contributed by atoms with van der Waals surface area (Å²) in [7, 11) is 0. The quantitative estimate of drug-likeness (QED) is 0.847. The van der Waals surface area contributed by atoms with Gasteiger partial charge in [0.2, 0.25) is 0 Å². The van der Waals surface area contributed by atoms with Crippen molar-refractivity contribution in [2.24, 2.45) is 5.92 Å². The summed E-state index contributed by atoms with van der Waals surface area (Å²) in [4.78, 5) is 25.9. The molecule has 1 heterocycles. The first kappa shape index (κ1) is 13.2. The van der Waals surface area contributed by atoms with E-state index in [0.29, 0.717) is 6.54 Å². The van der Waals surface area contributed by atoms with Crippen molar-refractivity contribution < 1.29 is 14.3 Å². The first-order valence-electron chi connectivity index (χ1n) is 7.27. The lowest BCUT2D eigenvalue weighted by molar-refractivity contribution is -0.124. The molecule has 4 nitrogen and oxygen atoms in total. The zero-order valence-corrected chi connectivity index (χ0v) is 11.5. The average molecular weight is 273 g/mol. The van der Waals surface area contributed by atoms with E-state index in [4.69, 9.17) is 4.74 Å². The van der Waals surface area contributed by atoms with Crippen LogP contribution in [0.25, 0.3) is 0 Å². The Morgan fingerprint density at radius 2 is 1.90 bits per heavy atom. The number of benzene rings is 1. The Morgan fingerprint density at radius 3 is 2.60 bits per heavy atom. The van der Waals surface area contributed by atoms with Crippen molar-refractivity contribution in [3.63, 3.8) is 0 Å². The molecule has 1 aliphatic carbocycles. The molecule has 20 heavy (non-hydrogen) atoms. The van der Waals surface area contributed by atoms with Crippen molar-refractivity contribution in [1.29, 1.82) is 0 Å². The molecule has 2 aliphatic rings. The van der Waals surface area contributed by atoms with E-state index in [-0.39, 0.29) is 30.4 Å². The van der Waals surface area contributed by atoms with Crippen LogP contribution in [0.5, 0.6) is 0 Å². The van der Waals surface area contributed by atoms with Crippen LogP contribution in [0, 0.1) is 5.92 Å². The predicted molar refractivity (Wildman–Crippen MR) is 74.1 cm³/mol. The summed E-state index contributed by atoms with van der Waals surface area (Å²) in [5.41, 5.74) is 0.963. The number of likely N-dealkylation sites (tertiary alicyclic amines) is 1. The molecule has 2 fully saturated rings. The van der Waals surface area contributed by atoms with Crippen LogP contribution >= 0.6 is 0 Å². The van der Waals surface area contributed by atoms with Crippen molar-refractivity contribution in [3.05, 3.63) is 35.9 Å². The molecule has 1 atom stereocenters. The van der Waals surface area contributed by atoms with Crippen molar-refractivity contribution in [2.45, 2.75) is 38.3 Å². The van der Waals surface area contributed by atoms with E-state index in [1.165, 1.54) is 0 Å². The zero-order valence-electron chi connectivity index (χ0n) is 11.5. The van der Waals surface area contributed by atoms with E-state index >= 15 is 0 Å². The summed E-state index contributed by atoms with van der Waals surface area (Å²) in [6.45, 7) is 0.900. The predicted octanol–water partition coefficient (Wildman–Crippen LogP) is 2.77. The molecule has 0 bridgehead atoms. The lowest BCUT2D eigenvalue weighted by Gasteiger charge is -2.23. The maximum Gasteiger partial charge on any atom is 0.410 e. The van der Waals surface area contributed by atoms with E-state index in [9.17, 15) is 9.59 Å². The van der Waals surface area contributed by atoms with Crippen LogP contribution in [0.4, 0.5) is 4.79 Å². The highest BCUT2D eigenvalue weighted by Crippen LogP contribution is 2.34. The highest BCUT2D eigenvalue weighted by molar-refractivity contribution is 5.91. The number of hydrogen-bond acceptors (Lipinski definition) is 3. The SMILES string of the molecule is O=C(C1CC1)C1CCCN1C(=O)OCc1ccccc1. The summed E-state index contributed by atoms with van der Waals surface area (Å²) < 4.78 is 5.33. The van der Waals surface area contributed by atoms with Gasteiger partial charge in [0.1, 0.15) is 6.61 Å². The molecule has 1 aromatic carbocycles. The number of amides is 1. The molecule has 1 saturated carbocycles. The minimum Gasteiger partial charge on any atom is -0.445 e. The number of Topliss-reactive ketones (excluding diaryl/α,β-unsaturated/α-hetero) is 1. The van der Waals surface area contributed by atoms with E-state index in [1.807, 2.05) is 30.3 Å². The molecule has 0 aromatic heterocycles. The van der Waals surface area contributed by atoms with Gasteiger partial charge < -0.3 is 4.74 Å². The number of rotatable bonds is 4. The Hall–Kier alpha value is -1.84. The first-order valence-corrected chi connectivity index (χ1v) is 7.27. The lowest BCUT2D eigenvalue weighted by atomic mass is 10.1. The molecule has 4 heteroatoms. The lowest BCUT2D eigenvalue weighted by Crippen LogP contribution is -2.41. The first-order chi connectivity index (χ1) is 9.75. The van der Waals surface area contributed by atoms with E-state index in [1.54, 1.807) is 4.90 Å². The van der Waals surface area contributed by atoms with Crippen molar-refractivity contribution in [2.75, 3.05) is 6.54 Å². The third-order valence-corrected chi connectivity index (χ3v) is 4.00. The number of hydrogen-bond donors (Lipinski definition) is 0. The van der Waals surface area contributed by atoms with Gasteiger partial charge in [0.15, 0.2) is 5.78 Å². The second-order valence-electron chi connectivity index (χ2n) is 5.57. The molecular weight excluding hydrogens is 254 g/mol. The Morgan fingerprint density at radius 1 is 1.15 bits per heavy atom. The monoisotopic (exact) mass is 273 g/mol. The second-order valence-corrected chi connectivity index (χ2v) is 5.57. The molecule has 1 unspecified atom stereocenters. The van der Waals surface area contributed by atoms with Crippen LogP contribution in [0.3, 0.4) is 0 Å². The fraction of sp³-hybridized carbons (Fsp3) is 0.500. The van der Waals surface area contributed by atoms with E-state index in [0.717, 1.165) is 31.2 Å². The third-order valence-electron chi connectivity index (χ3n) is 4.00. The van der Waals surface area contributed by atoms with Crippen molar-refractivity contribution in [3.8, 4) is 0 Å². The number of carbonyl (C=O) groups is 2. The van der Waals surface area contributed by atoms with Gasteiger partial charge in [-0.25, -0.2) is 4.79 Å². The zero-order chi connectivity index (χ0) is 13.9. The van der Waals surface area contributed by atoms with Gasteiger partial charge in [-0.3, -0.25) is 9.69 Å². The Bertz CT molecular complexity index is 496. The molecule has 1 amide bonds. The van der Waals surface area contributed by atoms with Gasteiger partial charge in [-0.2, -0.15) is 0 Å². The molecule has 3 rings (SSSR count). The summed E-state index contributed by atoms with van der Waals surface area (Å²) in [5, 5.41) is 0. The van der Waals surface area contributed by atoms with Crippen LogP contribution in [-0.4, -0.2) is 29.4 Å². The molecule has 1 aromatic rings. The van der Waals surface area contributed by atoms with Gasteiger partial charge in [0.05, 0.1) is 6.04 Å². The molecule has 0 spiro atoms. The van der Waals surface area contributed by atoms with Crippen molar-refractivity contribution in [1.82, 2.24) is 4.90 Å². The number of ether oxygens (including phenoxy) is 1. The molecule has 0 N–H and O–H groups in total. The van der Waals surface area contributed by atoms with Gasteiger partial charge in [-0.05, 0) is 31.2 Å². The van der Waals surface area contributed by atoms with Gasteiger partial charge in [0, 0.05) is 12.5 Å². The van der Waals surface area contributed by atoms with Gasteiger partial charge in [0.25, 0.3) is 0 Å². The highest BCUT2D eigenvalue weighted by Gasteiger charge is 2.41. The molecule has 0 radical (unpaired) electrons. The summed E-state index contributed by atoms with van der Waals surface area (Å²) in [5.74, 6) is 0.432. The largest absolute Gasteiger partial charge is 0.445 e. The fourth-order valence-electron chi connectivity index (χ4n) is 2.72. The third kappa shape index (κ3) is 2.84. The minimum absolute atomic E-state index is 0.197. The van der Waals surface area contributed by atoms with Gasteiger partial charge in [-0.15, -0.1) is 0 Å². The molecule has 1 saturated heterocycles. The average Bonchev–Trinajstić information content (AvgIpc) is 3.22. The van der Waals surface area contributed by atoms with Crippen molar-refractivity contribution >= 4 is 11.9 Å². The standard InChI is InChI=1S/C16H19NO3/c18-15(13-8-9-13)14-7-4-10-17(14)16(19)20-11-12-5-2-1-3-6-12/h1-3,5-6,13-14H,4,7-11H2. The maximum absolute atomic E-state index is 12.1. The smallest absolute Gasteiger partial charge is 0.410 e. The van der Waals surface area contributed by atoms with Crippen LogP contribution < -0.4 is 0 Å². The van der Waals surface area contributed by atoms with E-state index in [2.05, 4.69) is 0 Å². The minimum atomic E-state index is -0.356. The Kier molecular flexibility index (Phi) is 3.72. The molecule has 106 valence electrons. The molecule has 1 aliphatic heterocycles. The Balaban J connectivity index is 1.57. The number of ketones is 1. The van der Waals surface area contributed by atoms with Crippen LogP contribution in [0.2, 0.25) is 0 Å². The fourth-order valence-corrected chi connectivity index (χ4v) is 2.72. The Labute approximate surface area is 118 Å². The summed E-state index contributed by atoms with van der Waals surface area (Å²) >= 11 is 0. The van der Waals surface area contributed by atoms with Crippen LogP contribution in [-0.2, 0) is 16.1 Å². The second kappa shape index (κ2) is 5.65. The van der Waals surface area contributed by atoms with E-state index < -0.39 is 0 Å². The number of carbonyl (C=O) groups excluding carboxylic acids is 2. The maximum atomic E-state index is 12.1.